The molecular formula is C16H27N5. The monoisotopic (exact) mass is 289 g/mol. The fourth-order valence-corrected chi connectivity index (χ4v) is 2.98. The number of anilines is 2. The maximum Gasteiger partial charge on any atom is 0.136 e. The minimum atomic E-state index is 0.585. The molecule has 2 aliphatic rings. The average molecular weight is 289 g/mol. The molecule has 0 aromatic carbocycles. The van der Waals surface area contributed by atoms with Gasteiger partial charge in [0, 0.05) is 31.1 Å². The molecule has 1 aliphatic carbocycles. The van der Waals surface area contributed by atoms with Crippen LogP contribution in [0.3, 0.4) is 0 Å². The molecule has 2 N–H and O–H groups in total. The van der Waals surface area contributed by atoms with Crippen molar-refractivity contribution in [2.24, 2.45) is 0 Å². The minimum absolute atomic E-state index is 0.585. The van der Waals surface area contributed by atoms with Gasteiger partial charge in [-0.25, -0.2) is 9.97 Å². The Hall–Kier alpha value is -1.36. The van der Waals surface area contributed by atoms with Crippen LogP contribution in [0.2, 0.25) is 0 Å². The van der Waals surface area contributed by atoms with Crippen molar-refractivity contribution in [3.8, 4) is 0 Å². The Labute approximate surface area is 127 Å². The molecule has 5 heteroatoms. The van der Waals surface area contributed by atoms with Crippen LogP contribution in [0, 0.1) is 0 Å². The van der Waals surface area contributed by atoms with E-state index in [1.807, 2.05) is 6.07 Å². The van der Waals surface area contributed by atoms with Gasteiger partial charge in [-0.2, -0.15) is 0 Å². The van der Waals surface area contributed by atoms with Crippen LogP contribution in [0.25, 0.3) is 0 Å². The molecule has 0 amide bonds. The summed E-state index contributed by atoms with van der Waals surface area (Å²) in [5.41, 5.74) is 0. The van der Waals surface area contributed by atoms with E-state index in [4.69, 9.17) is 4.98 Å². The van der Waals surface area contributed by atoms with E-state index in [1.54, 1.807) is 0 Å². The maximum atomic E-state index is 4.71. The summed E-state index contributed by atoms with van der Waals surface area (Å²) in [6, 6.07) is 2.67. The molecule has 0 spiro atoms. The van der Waals surface area contributed by atoms with Crippen LogP contribution in [0.1, 0.15) is 50.8 Å². The summed E-state index contributed by atoms with van der Waals surface area (Å²) in [7, 11) is 2.23. The van der Waals surface area contributed by atoms with Crippen molar-refractivity contribution in [1.82, 2.24) is 14.9 Å². The van der Waals surface area contributed by atoms with Gasteiger partial charge in [0.25, 0.3) is 0 Å². The molecule has 1 aromatic rings. The lowest BCUT2D eigenvalue weighted by Gasteiger charge is -2.32. The third-order valence-corrected chi connectivity index (χ3v) is 4.48. The normalized spacial score (nSPS) is 23.0. The van der Waals surface area contributed by atoms with Crippen molar-refractivity contribution in [2.75, 3.05) is 37.3 Å². The standard InChI is InChI=1S/C16H27N5/c1-3-17-14-10-15(20-16(19-14)12-7-8-12)18-11-13-6-4-5-9-21(13)2/h10,12-13H,3-9,11H2,1-2H3,(H2,17,18,19,20). The third-order valence-electron chi connectivity index (χ3n) is 4.48. The number of likely N-dealkylation sites (tertiary alicyclic amines) is 1. The van der Waals surface area contributed by atoms with E-state index >= 15 is 0 Å². The zero-order valence-corrected chi connectivity index (χ0v) is 13.2. The number of nitrogens with one attached hydrogen (secondary N) is 2. The Bertz CT molecular complexity index is 472. The molecule has 5 nitrogen and oxygen atoms in total. The molecule has 0 radical (unpaired) electrons. The Morgan fingerprint density at radius 1 is 1.14 bits per heavy atom. The smallest absolute Gasteiger partial charge is 0.136 e. The second-order valence-electron chi connectivity index (χ2n) is 6.31. The number of nitrogens with zero attached hydrogens (tertiary/aromatic N) is 3. The van der Waals surface area contributed by atoms with Crippen LogP contribution in [-0.4, -0.2) is 47.6 Å². The second-order valence-corrected chi connectivity index (χ2v) is 6.31. The third kappa shape index (κ3) is 3.84. The van der Waals surface area contributed by atoms with Gasteiger partial charge in [0.2, 0.25) is 0 Å². The van der Waals surface area contributed by atoms with Crippen molar-refractivity contribution in [3.63, 3.8) is 0 Å². The first kappa shape index (κ1) is 14.6. The van der Waals surface area contributed by atoms with E-state index < -0.39 is 0 Å². The van der Waals surface area contributed by atoms with Crippen molar-refractivity contribution < 1.29 is 0 Å². The van der Waals surface area contributed by atoms with Crippen molar-refractivity contribution in [2.45, 2.75) is 51.0 Å². The summed E-state index contributed by atoms with van der Waals surface area (Å²) in [5, 5.41) is 6.85. The van der Waals surface area contributed by atoms with E-state index in [-0.39, 0.29) is 0 Å². The lowest BCUT2D eigenvalue weighted by Crippen LogP contribution is -2.40. The summed E-state index contributed by atoms with van der Waals surface area (Å²) < 4.78 is 0. The highest BCUT2D eigenvalue weighted by Crippen LogP contribution is 2.38. The molecule has 1 unspecified atom stereocenters. The van der Waals surface area contributed by atoms with Crippen molar-refractivity contribution in [3.05, 3.63) is 11.9 Å². The van der Waals surface area contributed by atoms with E-state index in [2.05, 4.69) is 34.5 Å². The van der Waals surface area contributed by atoms with E-state index in [9.17, 15) is 0 Å². The van der Waals surface area contributed by atoms with Gasteiger partial charge in [-0.15, -0.1) is 0 Å². The van der Waals surface area contributed by atoms with Gasteiger partial charge < -0.3 is 15.5 Å². The summed E-state index contributed by atoms with van der Waals surface area (Å²) in [4.78, 5) is 11.8. The number of rotatable bonds is 6. The fourth-order valence-electron chi connectivity index (χ4n) is 2.98. The largest absolute Gasteiger partial charge is 0.370 e. The second kappa shape index (κ2) is 6.60. The number of hydrogen-bond acceptors (Lipinski definition) is 5. The number of aromatic nitrogens is 2. The van der Waals surface area contributed by atoms with Crippen LogP contribution in [0.15, 0.2) is 6.07 Å². The van der Waals surface area contributed by atoms with Gasteiger partial charge in [-0.3, -0.25) is 0 Å². The SMILES string of the molecule is CCNc1cc(NCC2CCCCN2C)nc(C2CC2)n1. The molecule has 0 bridgehead atoms. The summed E-state index contributed by atoms with van der Waals surface area (Å²) in [6.07, 6.45) is 6.43. The van der Waals surface area contributed by atoms with Gasteiger partial charge in [0.15, 0.2) is 0 Å². The highest BCUT2D eigenvalue weighted by atomic mass is 15.2. The van der Waals surface area contributed by atoms with Gasteiger partial charge in [-0.1, -0.05) is 6.42 Å². The predicted molar refractivity (Wildman–Crippen MR) is 86.9 cm³/mol. The highest BCUT2D eigenvalue weighted by molar-refractivity contribution is 5.48. The molecule has 3 rings (SSSR count). The molecular weight excluding hydrogens is 262 g/mol. The summed E-state index contributed by atoms with van der Waals surface area (Å²) in [6.45, 7) is 5.18. The van der Waals surface area contributed by atoms with Gasteiger partial charge in [0.05, 0.1) is 0 Å². The first-order chi connectivity index (χ1) is 10.3. The Morgan fingerprint density at radius 2 is 1.90 bits per heavy atom. The number of hydrogen-bond donors (Lipinski definition) is 2. The Balaban J connectivity index is 1.65. The molecule has 1 saturated heterocycles. The fraction of sp³-hybridized carbons (Fsp3) is 0.750. The average Bonchev–Trinajstić information content (AvgIpc) is 3.31. The van der Waals surface area contributed by atoms with Crippen LogP contribution in [0.5, 0.6) is 0 Å². The van der Waals surface area contributed by atoms with Crippen LogP contribution in [-0.2, 0) is 0 Å². The van der Waals surface area contributed by atoms with Gasteiger partial charge in [0.1, 0.15) is 17.5 Å². The molecule has 2 heterocycles. The molecule has 116 valence electrons. The zero-order valence-electron chi connectivity index (χ0n) is 13.2. The highest BCUT2D eigenvalue weighted by Gasteiger charge is 2.27. The van der Waals surface area contributed by atoms with Crippen LogP contribution in [0.4, 0.5) is 11.6 Å². The quantitative estimate of drug-likeness (QED) is 0.843. The lowest BCUT2D eigenvalue weighted by molar-refractivity contribution is 0.194. The summed E-state index contributed by atoms with van der Waals surface area (Å²) >= 11 is 0. The Morgan fingerprint density at radius 3 is 2.57 bits per heavy atom. The topological polar surface area (TPSA) is 53.1 Å². The van der Waals surface area contributed by atoms with Crippen molar-refractivity contribution in [1.29, 1.82) is 0 Å². The lowest BCUT2D eigenvalue weighted by atomic mass is 10.0. The molecule has 2 fully saturated rings. The molecule has 1 saturated carbocycles. The van der Waals surface area contributed by atoms with Crippen LogP contribution >= 0.6 is 0 Å². The van der Waals surface area contributed by atoms with Gasteiger partial charge in [-0.05, 0) is 46.2 Å². The molecule has 1 atom stereocenters. The summed E-state index contributed by atoms with van der Waals surface area (Å²) in [5.74, 6) is 3.52. The molecule has 21 heavy (non-hydrogen) atoms. The Kier molecular flexibility index (Phi) is 4.58. The van der Waals surface area contributed by atoms with Crippen molar-refractivity contribution >= 4 is 11.6 Å². The van der Waals surface area contributed by atoms with Gasteiger partial charge >= 0.3 is 0 Å². The first-order valence-corrected chi connectivity index (χ1v) is 8.33. The predicted octanol–water partition coefficient (Wildman–Crippen LogP) is 2.68. The minimum Gasteiger partial charge on any atom is -0.370 e. The molecule has 1 aromatic heterocycles. The van der Waals surface area contributed by atoms with E-state index in [0.29, 0.717) is 12.0 Å². The van der Waals surface area contributed by atoms with E-state index in [0.717, 1.165) is 30.5 Å². The molecule has 1 aliphatic heterocycles. The zero-order chi connectivity index (χ0) is 14.7. The number of piperidine rings is 1. The maximum absolute atomic E-state index is 4.71. The first-order valence-electron chi connectivity index (χ1n) is 8.33. The van der Waals surface area contributed by atoms with Crippen LogP contribution < -0.4 is 10.6 Å². The number of likely N-dealkylation sites (N-methyl/N-ethyl adjacent to an activating group) is 1. The van der Waals surface area contributed by atoms with E-state index in [1.165, 1.54) is 38.6 Å².